The Hall–Kier alpha value is -4.24. The topological polar surface area (TPSA) is 84.7 Å². The zero-order valence-electron chi connectivity index (χ0n) is 19.5. The number of carboxylic acid groups (broad SMARTS) is 1. The molecule has 3 aromatic carbocycles. The number of aryl methyl sites for hydroxylation is 1. The summed E-state index contributed by atoms with van der Waals surface area (Å²) in [6.45, 7) is -0.331. The molecule has 37 heavy (non-hydrogen) atoms. The molecule has 1 aliphatic heterocycles. The van der Waals surface area contributed by atoms with Crippen LogP contribution >= 0.6 is 11.6 Å². The van der Waals surface area contributed by atoms with Crippen LogP contribution in [0.5, 0.6) is 5.75 Å². The second-order valence-electron chi connectivity index (χ2n) is 8.59. The number of carbonyl (C=O) groups excluding carboxylic acids is 1. The van der Waals surface area contributed by atoms with Gasteiger partial charge in [-0.3, -0.25) is 9.48 Å². The largest absolute Gasteiger partial charge is 0.488 e. The predicted molar refractivity (Wildman–Crippen MR) is 131 cm³/mol. The molecule has 1 amide bonds. The van der Waals surface area contributed by atoms with E-state index in [-0.39, 0.29) is 42.1 Å². The first kappa shape index (κ1) is 24.5. The van der Waals surface area contributed by atoms with E-state index >= 15 is 0 Å². The predicted octanol–water partition coefficient (Wildman–Crippen LogP) is 5.45. The Bertz CT molecular complexity index is 1550. The van der Waals surface area contributed by atoms with Gasteiger partial charge in [0.15, 0.2) is 5.69 Å². The van der Waals surface area contributed by atoms with Gasteiger partial charge in [-0.05, 0) is 36.4 Å². The van der Waals surface area contributed by atoms with Gasteiger partial charge in [0.1, 0.15) is 24.0 Å². The first-order chi connectivity index (χ1) is 17.7. The molecule has 0 aliphatic carbocycles. The summed E-state index contributed by atoms with van der Waals surface area (Å²) in [6, 6.07) is 14.6. The van der Waals surface area contributed by atoms with Crippen molar-refractivity contribution in [2.45, 2.75) is 19.7 Å². The first-order valence-corrected chi connectivity index (χ1v) is 11.6. The van der Waals surface area contributed by atoms with Gasteiger partial charge in [0.2, 0.25) is 0 Å². The Balaban J connectivity index is 1.55. The molecule has 2 heterocycles. The van der Waals surface area contributed by atoms with Gasteiger partial charge in [0.25, 0.3) is 5.91 Å². The Morgan fingerprint density at radius 2 is 1.78 bits per heavy atom. The molecule has 0 fully saturated rings. The molecule has 0 atom stereocenters. The highest BCUT2D eigenvalue weighted by molar-refractivity contribution is 6.31. The first-order valence-electron chi connectivity index (χ1n) is 11.3. The van der Waals surface area contributed by atoms with Crippen LogP contribution in [0.1, 0.15) is 37.5 Å². The van der Waals surface area contributed by atoms with Crippen molar-refractivity contribution in [1.29, 1.82) is 0 Å². The molecule has 0 radical (unpaired) electrons. The van der Waals surface area contributed by atoms with Gasteiger partial charge in [-0.2, -0.15) is 5.10 Å². The second kappa shape index (κ2) is 9.67. The van der Waals surface area contributed by atoms with Crippen molar-refractivity contribution in [3.63, 3.8) is 0 Å². The van der Waals surface area contributed by atoms with Crippen molar-refractivity contribution in [3.05, 3.63) is 105 Å². The fraction of sp³-hybridized carbons (Fsp3) is 0.148. The van der Waals surface area contributed by atoms with Crippen LogP contribution in [0.2, 0.25) is 5.02 Å². The summed E-state index contributed by atoms with van der Waals surface area (Å²) >= 11 is 6.19. The van der Waals surface area contributed by atoms with E-state index in [0.717, 1.165) is 6.07 Å². The van der Waals surface area contributed by atoms with Gasteiger partial charge in [-0.25, -0.2) is 13.6 Å². The third kappa shape index (κ3) is 4.65. The molecule has 1 N–H and O–H groups in total. The number of benzene rings is 3. The van der Waals surface area contributed by atoms with Crippen molar-refractivity contribution in [1.82, 2.24) is 14.7 Å². The lowest BCUT2D eigenvalue weighted by Gasteiger charge is -2.24. The van der Waals surface area contributed by atoms with Crippen LogP contribution < -0.4 is 4.74 Å². The maximum Gasteiger partial charge on any atom is 0.335 e. The van der Waals surface area contributed by atoms with Crippen molar-refractivity contribution in [3.8, 4) is 17.0 Å². The SMILES string of the molecule is Cn1nc(C(=O)N(Cc2ccccc2F)Cc2ccc(C(=O)O)cc2F)c2c1-c1cc(Cl)ccc1OC2. The minimum atomic E-state index is -1.27. The van der Waals surface area contributed by atoms with E-state index in [0.29, 0.717) is 27.6 Å². The van der Waals surface area contributed by atoms with Crippen molar-refractivity contribution >= 4 is 23.5 Å². The van der Waals surface area contributed by atoms with Crippen LogP contribution in [0.25, 0.3) is 11.3 Å². The number of rotatable bonds is 6. The monoisotopic (exact) mass is 523 g/mol. The minimum Gasteiger partial charge on any atom is -0.488 e. The lowest BCUT2D eigenvalue weighted by atomic mass is 10.0. The summed E-state index contributed by atoms with van der Waals surface area (Å²) in [5.74, 6) is -2.54. The molecule has 0 unspecified atom stereocenters. The van der Waals surface area contributed by atoms with E-state index < -0.39 is 23.5 Å². The minimum absolute atomic E-state index is 0.0767. The molecular formula is C27H20ClF2N3O4. The van der Waals surface area contributed by atoms with Crippen LogP contribution in [-0.4, -0.2) is 31.7 Å². The van der Waals surface area contributed by atoms with Gasteiger partial charge in [0, 0.05) is 47.4 Å². The van der Waals surface area contributed by atoms with E-state index in [2.05, 4.69) is 5.10 Å². The molecule has 188 valence electrons. The van der Waals surface area contributed by atoms with E-state index in [1.165, 1.54) is 35.2 Å². The molecule has 0 saturated carbocycles. The molecule has 7 nitrogen and oxygen atoms in total. The summed E-state index contributed by atoms with van der Waals surface area (Å²) in [5, 5.41) is 14.1. The number of aromatic carboxylic acids is 1. The van der Waals surface area contributed by atoms with Crippen LogP contribution in [0.4, 0.5) is 8.78 Å². The number of nitrogens with zero attached hydrogens (tertiary/aromatic N) is 3. The number of hydrogen-bond donors (Lipinski definition) is 1. The van der Waals surface area contributed by atoms with E-state index in [9.17, 15) is 18.4 Å². The molecule has 4 aromatic rings. The number of carbonyl (C=O) groups is 2. The fourth-order valence-corrected chi connectivity index (χ4v) is 4.54. The number of ether oxygens (including phenoxy) is 1. The third-order valence-corrected chi connectivity index (χ3v) is 6.42. The van der Waals surface area contributed by atoms with Crippen LogP contribution in [0, 0.1) is 11.6 Å². The van der Waals surface area contributed by atoms with Crippen molar-refractivity contribution in [2.75, 3.05) is 0 Å². The Morgan fingerprint density at radius 3 is 2.49 bits per heavy atom. The smallest absolute Gasteiger partial charge is 0.335 e. The van der Waals surface area contributed by atoms with Crippen molar-refractivity contribution in [2.24, 2.45) is 7.05 Å². The molecule has 0 bridgehead atoms. The third-order valence-electron chi connectivity index (χ3n) is 6.18. The Labute approximate surface area is 215 Å². The summed E-state index contributed by atoms with van der Waals surface area (Å²) in [6.07, 6.45) is 0. The molecule has 5 rings (SSSR count). The molecule has 1 aliphatic rings. The number of aromatic nitrogens is 2. The quantitative estimate of drug-likeness (QED) is 0.363. The zero-order valence-corrected chi connectivity index (χ0v) is 20.3. The maximum absolute atomic E-state index is 14.8. The van der Waals surface area contributed by atoms with Gasteiger partial charge in [-0.15, -0.1) is 0 Å². The summed E-state index contributed by atoms with van der Waals surface area (Å²) < 4.78 is 36.7. The van der Waals surface area contributed by atoms with Crippen LogP contribution in [0.15, 0.2) is 60.7 Å². The highest BCUT2D eigenvalue weighted by Crippen LogP contribution is 2.40. The highest BCUT2D eigenvalue weighted by atomic mass is 35.5. The van der Waals surface area contributed by atoms with Gasteiger partial charge < -0.3 is 14.7 Å². The van der Waals surface area contributed by atoms with E-state index in [4.69, 9.17) is 21.4 Å². The lowest BCUT2D eigenvalue weighted by Crippen LogP contribution is -2.32. The standard InChI is InChI=1S/C27H20ClF2N3O4/c1-32-25-19-11-18(28)8-9-23(19)37-14-20(25)24(31-32)26(34)33(12-16-4-2-3-5-21(16)29)13-17-7-6-15(27(35)36)10-22(17)30/h2-11H,12-14H2,1H3,(H,35,36). The number of carboxylic acids is 1. The normalized spacial score (nSPS) is 11.9. The van der Waals surface area contributed by atoms with Crippen molar-refractivity contribution < 1.29 is 28.2 Å². The average molecular weight is 524 g/mol. The second-order valence-corrected chi connectivity index (χ2v) is 9.03. The lowest BCUT2D eigenvalue weighted by molar-refractivity contribution is 0.0690. The van der Waals surface area contributed by atoms with Gasteiger partial charge in [-0.1, -0.05) is 35.9 Å². The average Bonchev–Trinajstić information content (AvgIpc) is 3.22. The van der Waals surface area contributed by atoms with Gasteiger partial charge in [0.05, 0.1) is 11.3 Å². The molecule has 1 aromatic heterocycles. The highest BCUT2D eigenvalue weighted by Gasteiger charge is 2.31. The number of fused-ring (bicyclic) bond motifs is 3. The zero-order chi connectivity index (χ0) is 26.3. The van der Waals surface area contributed by atoms with E-state index in [1.54, 1.807) is 36.0 Å². The number of halogens is 3. The maximum atomic E-state index is 14.8. The molecule has 10 heteroatoms. The summed E-state index contributed by atoms with van der Waals surface area (Å²) in [7, 11) is 1.69. The van der Waals surface area contributed by atoms with Crippen LogP contribution in [-0.2, 0) is 26.7 Å². The number of hydrogen-bond acceptors (Lipinski definition) is 4. The Kier molecular flexibility index (Phi) is 6.39. The summed E-state index contributed by atoms with van der Waals surface area (Å²) in [4.78, 5) is 26.3. The fourth-order valence-electron chi connectivity index (χ4n) is 4.37. The van der Waals surface area contributed by atoms with E-state index in [1.807, 2.05) is 0 Å². The van der Waals surface area contributed by atoms with Gasteiger partial charge >= 0.3 is 5.97 Å². The molecule has 0 saturated heterocycles. The number of amides is 1. The Morgan fingerprint density at radius 1 is 1.05 bits per heavy atom. The summed E-state index contributed by atoms with van der Waals surface area (Å²) in [5.41, 5.74) is 2.05. The molecule has 0 spiro atoms. The van der Waals surface area contributed by atoms with Crippen LogP contribution in [0.3, 0.4) is 0 Å². The molecular weight excluding hydrogens is 504 g/mol.